The molecule has 7 amide bonds. The molecule has 14 rings (SSSR count). The van der Waals surface area contributed by atoms with Gasteiger partial charge in [0, 0.05) is 158 Å². The summed E-state index contributed by atoms with van der Waals surface area (Å²) < 4.78 is 20.0. The predicted octanol–water partition coefficient (Wildman–Crippen LogP) is 9.19. The average molecular weight is 1410 g/mol. The Morgan fingerprint density at radius 3 is 1.56 bits per heavy atom. The van der Waals surface area contributed by atoms with E-state index in [1.165, 1.54) is 56.7 Å². The summed E-state index contributed by atoms with van der Waals surface area (Å²) in [7, 11) is 1.58. The highest BCUT2D eigenvalue weighted by Crippen LogP contribution is 2.37. The molecule has 1 saturated carbocycles. The van der Waals surface area contributed by atoms with Crippen molar-refractivity contribution in [3.63, 3.8) is 0 Å². The number of nitrogens with zero attached hydrogens (tertiary/aromatic N) is 12. The molecule has 0 radical (unpaired) electrons. The van der Waals surface area contributed by atoms with Gasteiger partial charge in [-0.15, -0.1) is 0 Å². The molecule has 103 heavy (non-hydrogen) atoms. The van der Waals surface area contributed by atoms with Crippen molar-refractivity contribution in [3.8, 4) is 5.75 Å². The molecular weight excluding hydrogens is 1310 g/mol. The molecule has 2 unspecified atom stereocenters. The largest absolute Gasteiger partial charge is 0.496 e. The number of hydrogen-bond acceptors (Lipinski definition) is 19. The molecule has 6 aromatic rings. The lowest BCUT2D eigenvalue weighted by molar-refractivity contribution is -0.135. The van der Waals surface area contributed by atoms with Crippen molar-refractivity contribution >= 4 is 81.2 Å². The number of amides is 7. The number of piperazine rings is 2. The number of carbonyl (C=O) groups is 8. The summed E-state index contributed by atoms with van der Waals surface area (Å²) in [6.07, 6.45) is 16.7. The lowest BCUT2D eigenvalue weighted by atomic mass is 9.85. The number of ketones is 1. The van der Waals surface area contributed by atoms with E-state index >= 15 is 0 Å². The lowest BCUT2D eigenvalue weighted by Crippen LogP contribution is -2.54. The summed E-state index contributed by atoms with van der Waals surface area (Å²) in [6, 6.07) is 25.5. The maximum atomic E-state index is 13.4. The maximum Gasteiger partial charge on any atom is 0.410 e. The van der Waals surface area contributed by atoms with Crippen molar-refractivity contribution < 1.29 is 52.6 Å². The van der Waals surface area contributed by atoms with Gasteiger partial charge < -0.3 is 44.0 Å². The first-order valence-corrected chi connectivity index (χ1v) is 37.2. The number of imide groups is 2. The van der Waals surface area contributed by atoms with Crippen LogP contribution in [-0.4, -0.2) is 225 Å². The number of Topliss-reactive ketones (excluding diaryl/α,β-unsaturated/α-hetero) is 1. The first kappa shape index (κ1) is 73.7. The Morgan fingerprint density at radius 2 is 1.07 bits per heavy atom. The van der Waals surface area contributed by atoms with Gasteiger partial charge in [0.25, 0.3) is 5.91 Å². The third-order valence-electron chi connectivity index (χ3n) is 21.4. The minimum atomic E-state index is -0.460. The Bertz CT molecular complexity index is 3960. The maximum absolute atomic E-state index is 13.4. The Balaban J connectivity index is 0.000000178. The Kier molecular flexibility index (Phi) is 23.4. The Labute approximate surface area is 603 Å². The molecule has 3 N–H and O–H groups in total. The van der Waals surface area contributed by atoms with E-state index in [9.17, 15) is 38.4 Å². The molecule has 10 heterocycles. The summed E-state index contributed by atoms with van der Waals surface area (Å²) in [5.41, 5.74) is 5.34. The second kappa shape index (κ2) is 32.8. The minimum absolute atomic E-state index is 0.172. The number of imidazole rings is 1. The number of anilines is 3. The molecule has 0 spiro atoms. The summed E-state index contributed by atoms with van der Waals surface area (Å²) in [5.74, 6) is 0.432. The number of likely N-dealkylation sites (tertiary alicyclic amines) is 3. The van der Waals surface area contributed by atoms with Gasteiger partial charge in [0.05, 0.1) is 42.3 Å². The normalized spacial score (nSPS) is 22.5. The summed E-state index contributed by atoms with van der Waals surface area (Å²) in [5, 5.41) is 18.0. The SMILES string of the molecule is CC(C)(C)OC(=O)N1CCC(=O)CC1.CC(C)(C)OC(=O)N1CCC(N2CCN(c3ccc(C4CCC(=O)NC4=O)cc3)CC2)CC1.COc1cc2nn(C3CCC(CN4CCC(N5CCN(c6ccc(C7CCC(=O)NC7=O)cc6)CC5)CC4)CC3)cc2cc1C(=O)Nc1cnc2cccnn12. The van der Waals surface area contributed by atoms with Crippen LogP contribution in [-0.2, 0) is 33.4 Å². The van der Waals surface area contributed by atoms with E-state index < -0.39 is 11.2 Å². The molecular formula is C77H103N15O11. The molecule has 0 bridgehead atoms. The van der Waals surface area contributed by atoms with E-state index in [0.717, 1.165) is 113 Å². The van der Waals surface area contributed by atoms with Crippen molar-refractivity contribution in [2.45, 2.75) is 173 Å². The minimum Gasteiger partial charge on any atom is -0.496 e. The third-order valence-corrected chi connectivity index (χ3v) is 21.4. The fraction of sp³-hybridized carbons (Fsp3) is 0.571. The highest BCUT2D eigenvalue weighted by Gasteiger charge is 2.36. The number of rotatable bonds is 12. The average Bonchev–Trinajstić information content (AvgIpc) is 1.67. The molecule has 3 aromatic heterocycles. The van der Waals surface area contributed by atoms with E-state index in [0.29, 0.717) is 98.4 Å². The van der Waals surface area contributed by atoms with Crippen LogP contribution in [0.4, 0.5) is 26.8 Å². The van der Waals surface area contributed by atoms with Gasteiger partial charge in [0.2, 0.25) is 23.6 Å². The van der Waals surface area contributed by atoms with Gasteiger partial charge in [-0.3, -0.25) is 53.9 Å². The number of benzene rings is 3. The monoisotopic (exact) mass is 1410 g/mol. The molecule has 1 aliphatic carbocycles. The number of fused-ring (bicyclic) bond motifs is 2. The van der Waals surface area contributed by atoms with Gasteiger partial charge in [-0.1, -0.05) is 24.3 Å². The van der Waals surface area contributed by atoms with E-state index in [4.69, 9.17) is 19.3 Å². The highest BCUT2D eigenvalue weighted by atomic mass is 16.6. The van der Waals surface area contributed by atoms with Crippen LogP contribution >= 0.6 is 0 Å². The quantitative estimate of drug-likeness (QED) is 0.0963. The van der Waals surface area contributed by atoms with Crippen molar-refractivity contribution in [2.24, 2.45) is 5.92 Å². The molecule has 26 nitrogen and oxygen atoms in total. The van der Waals surface area contributed by atoms with Crippen LogP contribution in [0.3, 0.4) is 0 Å². The van der Waals surface area contributed by atoms with Crippen LogP contribution in [0.25, 0.3) is 16.6 Å². The van der Waals surface area contributed by atoms with Crippen LogP contribution in [0.15, 0.2) is 91.4 Å². The third kappa shape index (κ3) is 19.1. The van der Waals surface area contributed by atoms with Crippen molar-refractivity contribution in [2.75, 3.05) is 120 Å². The van der Waals surface area contributed by atoms with E-state index in [-0.39, 0.29) is 59.3 Å². The number of aromatic nitrogens is 5. The summed E-state index contributed by atoms with van der Waals surface area (Å²) in [4.78, 5) is 116. The fourth-order valence-corrected chi connectivity index (χ4v) is 15.7. The Morgan fingerprint density at radius 1 is 0.563 bits per heavy atom. The zero-order valence-electron chi connectivity index (χ0n) is 61.0. The predicted molar refractivity (Wildman–Crippen MR) is 391 cm³/mol. The zero-order chi connectivity index (χ0) is 72.5. The smallest absolute Gasteiger partial charge is 0.410 e. The lowest BCUT2D eigenvalue weighted by Gasteiger charge is -2.44. The number of hydrogen-bond donors (Lipinski definition) is 3. The number of carbonyl (C=O) groups excluding carboxylic acids is 8. The number of piperidine rings is 5. The summed E-state index contributed by atoms with van der Waals surface area (Å²) >= 11 is 0. The molecule has 3 aromatic carbocycles. The van der Waals surface area contributed by atoms with E-state index in [1.54, 1.807) is 35.0 Å². The van der Waals surface area contributed by atoms with Gasteiger partial charge in [-0.2, -0.15) is 14.7 Å². The van der Waals surface area contributed by atoms with Crippen molar-refractivity contribution in [1.29, 1.82) is 0 Å². The molecule has 7 saturated heterocycles. The van der Waals surface area contributed by atoms with Crippen LogP contribution in [0.1, 0.15) is 171 Å². The van der Waals surface area contributed by atoms with Gasteiger partial charge in [0.15, 0.2) is 11.5 Å². The highest BCUT2D eigenvalue weighted by molar-refractivity contribution is 6.08. The number of ether oxygens (including phenoxy) is 3. The molecule has 7 aliphatic heterocycles. The van der Waals surface area contributed by atoms with E-state index in [2.05, 4.69) is 97.8 Å². The van der Waals surface area contributed by atoms with Gasteiger partial charge >= 0.3 is 12.2 Å². The standard InChI is InChI=1S/C42H50N10O4.C25H36N4O4.C10H17NO3/c1-56-37-24-36-30(23-35(37)42(55)45-39-25-43-38-3-2-16-44-52(38)39)27-51(47-36)33-8-4-28(5-9-33)26-48-17-14-32(15-18-48)50-21-19-49(20-22-50)31-10-6-29(7-11-31)34-12-13-40(53)46-41(34)54;1-25(2,3)33-24(32)29-12-10-20(11-13-29)28-16-14-27(15-17-28)19-6-4-18(5-7-19)21-8-9-22(30)26-23(21)31;1-10(2,3)14-9(13)11-6-4-8(12)5-7-11/h2-3,6-7,10-11,16,23-25,27-28,32-34H,4-5,8-9,12-15,17-22,26H2,1H3,(H,45,55)(H,46,53,54);4-7,20-21H,8-17H2,1-3H3,(H,26,30,31);4-7H2,1-3H3. The van der Waals surface area contributed by atoms with Gasteiger partial charge in [0.1, 0.15) is 22.7 Å². The van der Waals surface area contributed by atoms with Crippen molar-refractivity contribution in [3.05, 3.63) is 108 Å². The van der Waals surface area contributed by atoms with Crippen LogP contribution in [0, 0.1) is 5.92 Å². The van der Waals surface area contributed by atoms with E-state index in [1.807, 2.05) is 76.8 Å². The van der Waals surface area contributed by atoms with Crippen LogP contribution in [0.2, 0.25) is 0 Å². The zero-order valence-corrected chi connectivity index (χ0v) is 61.0. The van der Waals surface area contributed by atoms with Gasteiger partial charge in [-0.25, -0.2) is 14.6 Å². The number of methoxy groups -OCH3 is 1. The molecule has 8 aliphatic rings. The molecule has 8 fully saturated rings. The van der Waals surface area contributed by atoms with Crippen LogP contribution in [0.5, 0.6) is 5.75 Å². The topological polar surface area (TPSA) is 271 Å². The van der Waals surface area contributed by atoms with Gasteiger partial charge in [-0.05, 0) is 178 Å². The second-order valence-electron chi connectivity index (χ2n) is 30.8. The first-order valence-electron chi connectivity index (χ1n) is 37.2. The molecule has 26 heteroatoms. The fourth-order valence-electron chi connectivity index (χ4n) is 15.7. The molecule has 2 atom stereocenters. The second-order valence-corrected chi connectivity index (χ2v) is 30.8. The van der Waals surface area contributed by atoms with Crippen LogP contribution < -0.4 is 30.5 Å². The molecule has 552 valence electrons. The number of nitrogens with one attached hydrogen (secondary N) is 3. The van der Waals surface area contributed by atoms with Crippen molar-refractivity contribution in [1.82, 2.24) is 59.5 Å². The Hall–Kier alpha value is -9.01. The summed E-state index contributed by atoms with van der Waals surface area (Å²) in [6.45, 7) is 25.3. The first-order chi connectivity index (χ1) is 49.5.